The maximum Gasteiger partial charge on any atom is 0.332 e. The van der Waals surface area contributed by atoms with Gasteiger partial charge in [-0.05, 0) is 50.9 Å². The smallest absolute Gasteiger partial charge is 0.312 e. The van der Waals surface area contributed by atoms with Crippen LogP contribution < -0.4 is 16.1 Å². The molecule has 5 rings (SSSR count). The maximum atomic E-state index is 13.6. The predicted octanol–water partition coefficient (Wildman–Crippen LogP) is 2.48. The average molecular weight is 437 g/mol. The molecule has 0 radical (unpaired) electrons. The molecule has 0 amide bonds. The summed E-state index contributed by atoms with van der Waals surface area (Å²) in [7, 11) is 1.72. The number of benzene rings is 1. The molecule has 0 aliphatic carbocycles. The lowest BCUT2D eigenvalue weighted by molar-refractivity contribution is 0.218. The minimum atomic E-state index is -0.287. The summed E-state index contributed by atoms with van der Waals surface area (Å²) >= 11 is 0. The number of nitrogens with zero attached hydrogens (tertiary/aromatic N) is 6. The topological polar surface area (TPSA) is 68.3 Å². The lowest BCUT2D eigenvalue weighted by Gasteiger charge is -2.33. The monoisotopic (exact) mass is 436 g/mol. The van der Waals surface area contributed by atoms with Crippen LogP contribution in [0.4, 0.5) is 11.6 Å². The fourth-order valence-corrected chi connectivity index (χ4v) is 5.07. The van der Waals surface area contributed by atoms with Crippen LogP contribution in [0.2, 0.25) is 0 Å². The first-order valence-corrected chi connectivity index (χ1v) is 11.7. The Kier molecular flexibility index (Phi) is 5.41. The van der Waals surface area contributed by atoms with Crippen LogP contribution >= 0.6 is 0 Å². The van der Waals surface area contributed by atoms with Crippen molar-refractivity contribution < 1.29 is 0 Å². The second-order valence-corrected chi connectivity index (χ2v) is 9.45. The molecule has 32 heavy (non-hydrogen) atoms. The molecule has 2 aliphatic rings. The number of aryl methyl sites for hydroxylation is 2. The maximum absolute atomic E-state index is 13.6. The molecule has 0 N–H and O–H groups in total. The lowest BCUT2D eigenvalue weighted by atomic mass is 10.1. The Hall–Kier alpha value is -2.87. The van der Waals surface area contributed by atoms with Crippen molar-refractivity contribution in [2.45, 2.75) is 46.2 Å². The van der Waals surface area contributed by atoms with Gasteiger partial charge >= 0.3 is 5.69 Å². The van der Waals surface area contributed by atoms with E-state index < -0.39 is 0 Å². The first-order valence-electron chi connectivity index (χ1n) is 11.7. The van der Waals surface area contributed by atoms with Crippen molar-refractivity contribution in [1.82, 2.24) is 23.6 Å². The van der Waals surface area contributed by atoms with E-state index >= 15 is 0 Å². The molecule has 1 fully saturated rings. The van der Waals surface area contributed by atoms with Crippen molar-refractivity contribution in [1.29, 1.82) is 0 Å². The molecule has 3 aromatic rings. The van der Waals surface area contributed by atoms with Crippen LogP contribution in [0.1, 0.15) is 31.7 Å². The Labute approximate surface area is 187 Å². The van der Waals surface area contributed by atoms with Gasteiger partial charge < -0.3 is 14.4 Å². The highest BCUT2D eigenvalue weighted by atomic mass is 16.2. The summed E-state index contributed by atoms with van der Waals surface area (Å²) in [5.74, 6) is 1.09. The molecule has 1 unspecified atom stereocenters. The Morgan fingerprint density at radius 1 is 1.00 bits per heavy atom. The number of anilines is 2. The number of rotatable bonds is 4. The van der Waals surface area contributed by atoms with Gasteiger partial charge in [0.1, 0.15) is 0 Å². The summed E-state index contributed by atoms with van der Waals surface area (Å²) < 4.78 is 4.96. The van der Waals surface area contributed by atoms with E-state index in [9.17, 15) is 9.59 Å². The van der Waals surface area contributed by atoms with E-state index in [1.807, 2.05) is 4.57 Å². The summed E-state index contributed by atoms with van der Waals surface area (Å²) in [5.41, 5.74) is 2.74. The Morgan fingerprint density at radius 3 is 2.44 bits per heavy atom. The molecule has 2 aromatic heterocycles. The summed E-state index contributed by atoms with van der Waals surface area (Å²) in [6.45, 7) is 9.03. The fraction of sp³-hybridized carbons (Fsp3) is 0.542. The quantitative estimate of drug-likeness (QED) is 0.629. The zero-order chi connectivity index (χ0) is 22.4. The molecule has 0 saturated carbocycles. The first-order chi connectivity index (χ1) is 15.4. The number of aromatic nitrogens is 4. The van der Waals surface area contributed by atoms with Gasteiger partial charge in [-0.2, -0.15) is 4.98 Å². The molecule has 1 aromatic carbocycles. The number of hydrogen-bond donors (Lipinski definition) is 0. The predicted molar refractivity (Wildman–Crippen MR) is 127 cm³/mol. The third-order valence-corrected chi connectivity index (χ3v) is 6.88. The van der Waals surface area contributed by atoms with Crippen LogP contribution in [0.15, 0.2) is 33.9 Å². The van der Waals surface area contributed by atoms with Gasteiger partial charge in [-0.3, -0.25) is 13.9 Å². The lowest BCUT2D eigenvalue weighted by Crippen LogP contribution is -2.43. The molecule has 0 bridgehead atoms. The van der Waals surface area contributed by atoms with Gasteiger partial charge in [0.05, 0.1) is 0 Å². The second-order valence-electron chi connectivity index (χ2n) is 9.45. The van der Waals surface area contributed by atoms with Crippen LogP contribution in [0.3, 0.4) is 0 Å². The van der Waals surface area contributed by atoms with E-state index in [0.29, 0.717) is 30.2 Å². The van der Waals surface area contributed by atoms with Gasteiger partial charge in [-0.1, -0.05) is 31.0 Å². The number of imidazole rings is 1. The number of piperidine rings is 1. The van der Waals surface area contributed by atoms with E-state index in [0.717, 1.165) is 37.8 Å². The van der Waals surface area contributed by atoms with Gasteiger partial charge in [0, 0.05) is 38.9 Å². The summed E-state index contributed by atoms with van der Waals surface area (Å²) in [6, 6.07) is 8.36. The van der Waals surface area contributed by atoms with Crippen molar-refractivity contribution in [3.8, 4) is 0 Å². The molecule has 0 spiro atoms. The Morgan fingerprint density at radius 2 is 1.72 bits per heavy atom. The fourth-order valence-electron chi connectivity index (χ4n) is 5.07. The highest BCUT2D eigenvalue weighted by Gasteiger charge is 2.29. The summed E-state index contributed by atoms with van der Waals surface area (Å²) in [6.07, 6.45) is 3.64. The van der Waals surface area contributed by atoms with Crippen molar-refractivity contribution >= 4 is 22.8 Å². The molecule has 8 heteroatoms. The normalized spacial score (nSPS) is 19.5. The first kappa shape index (κ1) is 21.0. The molecule has 4 heterocycles. The number of hydrogen-bond acceptors (Lipinski definition) is 5. The summed E-state index contributed by atoms with van der Waals surface area (Å²) in [4.78, 5) is 36.0. The minimum absolute atomic E-state index is 0.225. The standard InChI is InChI=1S/C24H32N6O2/c1-17-7-9-19(10-8-17)29-15-18(2)16-30-20-21(25-23(29)30)26(3)24(32)28(22(20)31)14-13-27-11-5-4-6-12-27/h7-10,18H,4-6,11-16H2,1-3H3. The van der Waals surface area contributed by atoms with Crippen LogP contribution in [0, 0.1) is 12.8 Å². The molecule has 170 valence electrons. The molecular formula is C24H32N6O2. The second kappa shape index (κ2) is 8.24. The van der Waals surface area contributed by atoms with Crippen molar-refractivity contribution in [2.75, 3.05) is 31.1 Å². The zero-order valence-corrected chi connectivity index (χ0v) is 19.3. The van der Waals surface area contributed by atoms with Crippen molar-refractivity contribution in [3.63, 3.8) is 0 Å². The van der Waals surface area contributed by atoms with Crippen molar-refractivity contribution in [3.05, 3.63) is 50.7 Å². The van der Waals surface area contributed by atoms with Gasteiger partial charge in [0.25, 0.3) is 5.56 Å². The van der Waals surface area contributed by atoms with Crippen LogP contribution in [0.5, 0.6) is 0 Å². The van der Waals surface area contributed by atoms with Gasteiger partial charge in [0.15, 0.2) is 11.2 Å². The van der Waals surface area contributed by atoms with E-state index in [1.165, 1.54) is 34.0 Å². The SMILES string of the molecule is Cc1ccc(N2CC(C)Cn3c2nc2c3c(=O)n(CCN3CCCCC3)c(=O)n2C)cc1. The van der Waals surface area contributed by atoms with E-state index in [1.54, 1.807) is 7.05 Å². The average Bonchev–Trinajstić information content (AvgIpc) is 3.18. The largest absolute Gasteiger partial charge is 0.332 e. The third-order valence-electron chi connectivity index (χ3n) is 6.88. The highest BCUT2D eigenvalue weighted by molar-refractivity contribution is 5.77. The van der Waals surface area contributed by atoms with Gasteiger partial charge in [-0.15, -0.1) is 0 Å². The van der Waals surface area contributed by atoms with E-state index in [4.69, 9.17) is 4.98 Å². The van der Waals surface area contributed by atoms with Crippen LogP contribution in [0.25, 0.3) is 11.2 Å². The Bertz CT molecular complexity index is 1250. The molecular weight excluding hydrogens is 404 g/mol. The molecule has 2 aliphatic heterocycles. The van der Waals surface area contributed by atoms with E-state index in [2.05, 4.69) is 47.9 Å². The van der Waals surface area contributed by atoms with Gasteiger partial charge in [-0.25, -0.2) is 4.79 Å². The van der Waals surface area contributed by atoms with E-state index in [-0.39, 0.29) is 11.2 Å². The molecule has 8 nitrogen and oxygen atoms in total. The van der Waals surface area contributed by atoms with Crippen LogP contribution in [-0.2, 0) is 20.1 Å². The zero-order valence-electron chi connectivity index (χ0n) is 19.3. The minimum Gasteiger partial charge on any atom is -0.312 e. The summed E-state index contributed by atoms with van der Waals surface area (Å²) in [5, 5.41) is 0. The highest BCUT2D eigenvalue weighted by Crippen LogP contribution is 2.32. The Balaban J connectivity index is 1.60. The number of likely N-dealkylation sites (tertiary alicyclic amines) is 1. The van der Waals surface area contributed by atoms with Crippen molar-refractivity contribution in [2.24, 2.45) is 13.0 Å². The third kappa shape index (κ3) is 3.56. The molecule has 1 saturated heterocycles. The number of fused-ring (bicyclic) bond motifs is 3. The molecule has 1 atom stereocenters. The van der Waals surface area contributed by atoms with Crippen LogP contribution in [-0.4, -0.2) is 49.8 Å². The van der Waals surface area contributed by atoms with Gasteiger partial charge in [0.2, 0.25) is 5.95 Å².